The molecule has 3 aromatic rings. The first kappa shape index (κ1) is 18.5. The number of pyridine rings is 1. The van der Waals surface area contributed by atoms with Crippen molar-refractivity contribution in [3.8, 4) is 11.5 Å². The summed E-state index contributed by atoms with van der Waals surface area (Å²) in [4.78, 5) is 17.1. The van der Waals surface area contributed by atoms with Crippen molar-refractivity contribution < 1.29 is 14.3 Å². The number of methoxy groups -OCH3 is 2. The van der Waals surface area contributed by atoms with Gasteiger partial charge < -0.3 is 14.8 Å². The molecule has 0 aliphatic rings. The third-order valence-corrected chi connectivity index (χ3v) is 4.36. The Labute approximate surface area is 159 Å². The molecule has 0 saturated heterocycles. The molecule has 0 spiro atoms. The van der Waals surface area contributed by atoms with Gasteiger partial charge in [-0.3, -0.25) is 9.78 Å². The van der Waals surface area contributed by atoms with Crippen LogP contribution in [0.3, 0.4) is 0 Å². The molecule has 1 atom stereocenters. The third kappa shape index (κ3) is 4.64. The molecule has 1 amide bonds. The van der Waals surface area contributed by atoms with E-state index in [9.17, 15) is 4.79 Å². The maximum absolute atomic E-state index is 13.1. The molecular weight excluding hydrogens is 340 g/mol. The van der Waals surface area contributed by atoms with Gasteiger partial charge in [0.05, 0.1) is 20.1 Å². The molecule has 1 N–H and O–H groups in total. The largest absolute Gasteiger partial charge is 0.493 e. The average molecular weight is 362 g/mol. The van der Waals surface area contributed by atoms with Gasteiger partial charge in [0.15, 0.2) is 11.5 Å². The molecule has 0 fully saturated rings. The predicted molar refractivity (Wildman–Crippen MR) is 105 cm³/mol. The first-order valence-corrected chi connectivity index (χ1v) is 8.68. The van der Waals surface area contributed by atoms with Crippen molar-refractivity contribution in [3.63, 3.8) is 0 Å². The lowest BCUT2D eigenvalue weighted by Crippen LogP contribution is -2.23. The number of rotatable bonds is 7. The Bertz CT molecular complexity index is 883. The Morgan fingerprint density at radius 1 is 0.963 bits per heavy atom. The van der Waals surface area contributed by atoms with Gasteiger partial charge in [-0.15, -0.1) is 0 Å². The van der Waals surface area contributed by atoms with Crippen LogP contribution >= 0.6 is 0 Å². The number of anilines is 1. The Morgan fingerprint density at radius 2 is 1.67 bits per heavy atom. The van der Waals surface area contributed by atoms with Crippen LogP contribution in [0.25, 0.3) is 0 Å². The Kier molecular flexibility index (Phi) is 6.05. The van der Waals surface area contributed by atoms with Crippen molar-refractivity contribution in [1.82, 2.24) is 4.98 Å². The minimum absolute atomic E-state index is 0.0785. The summed E-state index contributed by atoms with van der Waals surface area (Å²) in [5.41, 5.74) is 2.68. The number of amides is 1. The molecular formula is C22H22N2O3. The minimum atomic E-state index is -0.318. The van der Waals surface area contributed by atoms with Gasteiger partial charge in [0, 0.05) is 24.1 Å². The van der Waals surface area contributed by atoms with Gasteiger partial charge in [-0.1, -0.05) is 30.3 Å². The first-order valence-electron chi connectivity index (χ1n) is 8.68. The summed E-state index contributed by atoms with van der Waals surface area (Å²) in [6.07, 6.45) is 4.07. The van der Waals surface area contributed by atoms with E-state index in [0.717, 1.165) is 11.1 Å². The quantitative estimate of drug-likeness (QED) is 0.688. The lowest BCUT2D eigenvalue weighted by molar-refractivity contribution is -0.117. The first-order chi connectivity index (χ1) is 13.2. The molecule has 0 aliphatic carbocycles. The van der Waals surface area contributed by atoms with E-state index >= 15 is 0 Å². The van der Waals surface area contributed by atoms with E-state index in [-0.39, 0.29) is 11.8 Å². The summed E-state index contributed by atoms with van der Waals surface area (Å²) in [6.45, 7) is 0. The van der Waals surface area contributed by atoms with E-state index < -0.39 is 0 Å². The summed E-state index contributed by atoms with van der Waals surface area (Å²) in [5, 5.41) is 3.00. The molecule has 1 heterocycles. The third-order valence-electron chi connectivity index (χ3n) is 4.36. The fourth-order valence-corrected chi connectivity index (χ4v) is 2.95. The Morgan fingerprint density at radius 3 is 2.33 bits per heavy atom. The fourth-order valence-electron chi connectivity index (χ4n) is 2.95. The number of aromatic nitrogens is 1. The van der Waals surface area contributed by atoms with Crippen molar-refractivity contribution in [2.45, 2.75) is 12.3 Å². The summed E-state index contributed by atoms with van der Waals surface area (Å²) in [6, 6.07) is 19.0. The van der Waals surface area contributed by atoms with Crippen LogP contribution < -0.4 is 14.8 Å². The van der Waals surface area contributed by atoms with Crippen LogP contribution in [0.4, 0.5) is 5.69 Å². The van der Waals surface area contributed by atoms with E-state index in [1.807, 2.05) is 42.5 Å². The molecule has 0 radical (unpaired) electrons. The normalized spacial score (nSPS) is 11.5. The van der Waals surface area contributed by atoms with E-state index in [4.69, 9.17) is 9.47 Å². The number of nitrogens with zero attached hydrogens (tertiary/aromatic N) is 1. The van der Waals surface area contributed by atoms with Gasteiger partial charge in [-0.05, 0) is 41.8 Å². The topological polar surface area (TPSA) is 60.5 Å². The monoisotopic (exact) mass is 362 g/mol. The van der Waals surface area contributed by atoms with E-state index in [1.54, 1.807) is 44.8 Å². The minimum Gasteiger partial charge on any atom is -0.493 e. The highest BCUT2D eigenvalue weighted by atomic mass is 16.5. The lowest BCUT2D eigenvalue weighted by atomic mass is 9.91. The molecule has 3 rings (SSSR count). The van der Waals surface area contributed by atoms with Gasteiger partial charge in [0.1, 0.15) is 0 Å². The summed E-state index contributed by atoms with van der Waals surface area (Å²) >= 11 is 0. The average Bonchev–Trinajstić information content (AvgIpc) is 2.73. The second-order valence-corrected chi connectivity index (χ2v) is 6.08. The summed E-state index contributed by atoms with van der Waals surface area (Å²) in [7, 11) is 3.15. The van der Waals surface area contributed by atoms with Crippen molar-refractivity contribution in [3.05, 3.63) is 84.2 Å². The van der Waals surface area contributed by atoms with E-state index in [0.29, 0.717) is 23.6 Å². The van der Waals surface area contributed by atoms with Gasteiger partial charge in [-0.25, -0.2) is 0 Å². The lowest BCUT2D eigenvalue weighted by Gasteiger charge is -2.18. The number of hydrogen-bond acceptors (Lipinski definition) is 4. The standard InChI is InChI=1S/C22H22N2O3/c1-26-20-9-8-18(15-21(20)27-2)24-22(25)19(17-6-4-3-5-7-17)14-16-10-12-23-13-11-16/h3-13,15,19H,14H2,1-2H3,(H,24,25). The van der Waals surface area contributed by atoms with Crippen LogP contribution in [0.5, 0.6) is 11.5 Å². The van der Waals surface area contributed by atoms with E-state index in [2.05, 4.69) is 10.3 Å². The molecule has 0 aliphatic heterocycles. The number of nitrogens with one attached hydrogen (secondary N) is 1. The molecule has 5 nitrogen and oxygen atoms in total. The fraction of sp³-hybridized carbons (Fsp3) is 0.182. The van der Waals surface area contributed by atoms with Crippen molar-refractivity contribution >= 4 is 11.6 Å². The Hall–Kier alpha value is -3.34. The van der Waals surface area contributed by atoms with Gasteiger partial charge in [0.2, 0.25) is 5.91 Å². The van der Waals surface area contributed by atoms with Crippen LogP contribution in [0.2, 0.25) is 0 Å². The predicted octanol–water partition coefficient (Wildman–Crippen LogP) is 4.06. The molecule has 138 valence electrons. The van der Waals surface area contributed by atoms with Crippen molar-refractivity contribution in [2.75, 3.05) is 19.5 Å². The molecule has 5 heteroatoms. The highest BCUT2D eigenvalue weighted by Crippen LogP contribution is 2.30. The van der Waals surface area contributed by atoms with Gasteiger partial charge in [0.25, 0.3) is 0 Å². The van der Waals surface area contributed by atoms with Crippen LogP contribution in [-0.2, 0) is 11.2 Å². The second kappa shape index (κ2) is 8.85. The van der Waals surface area contributed by atoms with Crippen LogP contribution in [-0.4, -0.2) is 25.1 Å². The molecule has 1 aromatic heterocycles. The highest BCUT2D eigenvalue weighted by Gasteiger charge is 2.21. The summed E-state index contributed by atoms with van der Waals surface area (Å²) in [5.74, 6) is 0.791. The molecule has 2 aromatic carbocycles. The number of carbonyl (C=O) groups is 1. The zero-order valence-electron chi connectivity index (χ0n) is 15.4. The number of benzene rings is 2. The number of hydrogen-bond donors (Lipinski definition) is 1. The second-order valence-electron chi connectivity index (χ2n) is 6.08. The zero-order chi connectivity index (χ0) is 19.1. The van der Waals surface area contributed by atoms with Crippen LogP contribution in [0.1, 0.15) is 17.0 Å². The maximum atomic E-state index is 13.1. The SMILES string of the molecule is COc1ccc(NC(=O)C(Cc2ccncc2)c2ccccc2)cc1OC. The smallest absolute Gasteiger partial charge is 0.232 e. The molecule has 27 heavy (non-hydrogen) atoms. The van der Waals surface area contributed by atoms with Gasteiger partial charge >= 0.3 is 0 Å². The summed E-state index contributed by atoms with van der Waals surface area (Å²) < 4.78 is 10.6. The number of carbonyl (C=O) groups excluding carboxylic acids is 1. The molecule has 0 saturated carbocycles. The zero-order valence-corrected chi connectivity index (χ0v) is 15.4. The number of ether oxygens (including phenoxy) is 2. The van der Waals surface area contributed by atoms with Crippen LogP contribution in [0, 0.1) is 0 Å². The molecule has 0 bridgehead atoms. The molecule has 1 unspecified atom stereocenters. The van der Waals surface area contributed by atoms with Crippen molar-refractivity contribution in [2.24, 2.45) is 0 Å². The van der Waals surface area contributed by atoms with E-state index in [1.165, 1.54) is 0 Å². The van der Waals surface area contributed by atoms with Crippen molar-refractivity contribution in [1.29, 1.82) is 0 Å². The van der Waals surface area contributed by atoms with Crippen LogP contribution in [0.15, 0.2) is 73.1 Å². The maximum Gasteiger partial charge on any atom is 0.232 e. The Balaban J connectivity index is 1.85. The van der Waals surface area contributed by atoms with Gasteiger partial charge in [-0.2, -0.15) is 0 Å². The highest BCUT2D eigenvalue weighted by molar-refractivity contribution is 5.96.